The minimum absolute atomic E-state index is 0.253. The second kappa shape index (κ2) is 43.4. The molecule has 1 amide bonds. The maximum Gasteiger partial charge on any atom is 0.220 e. The van der Waals surface area contributed by atoms with Crippen molar-refractivity contribution in [2.75, 3.05) is 19.8 Å². The van der Waals surface area contributed by atoms with Gasteiger partial charge in [-0.15, -0.1) is 0 Å². The van der Waals surface area contributed by atoms with Crippen LogP contribution in [0.1, 0.15) is 226 Å². The molecule has 2 aliphatic rings. The van der Waals surface area contributed by atoms with E-state index in [9.17, 15) is 45.6 Å². The van der Waals surface area contributed by atoms with Crippen molar-refractivity contribution in [2.45, 2.75) is 299 Å². The van der Waals surface area contributed by atoms with Gasteiger partial charge in [0.1, 0.15) is 48.8 Å². The molecule has 0 bridgehead atoms. The summed E-state index contributed by atoms with van der Waals surface area (Å²) in [7, 11) is 0. The zero-order valence-electron chi connectivity index (χ0n) is 44.5. The Labute approximate surface area is 430 Å². The predicted molar refractivity (Wildman–Crippen MR) is 281 cm³/mol. The second-order valence-corrected chi connectivity index (χ2v) is 20.4. The number of carbonyl (C=O) groups is 1. The Morgan fingerprint density at radius 3 is 1.38 bits per heavy atom. The number of unbranched alkanes of at least 4 members (excludes halogenated alkanes) is 29. The predicted octanol–water partition coefficient (Wildman–Crippen LogP) is 9.05. The average molecular weight is 1010 g/mol. The smallest absolute Gasteiger partial charge is 0.220 e. The topological polar surface area (TPSA) is 228 Å². The van der Waals surface area contributed by atoms with Crippen molar-refractivity contribution in [3.05, 3.63) is 36.5 Å². The molecule has 71 heavy (non-hydrogen) atoms. The van der Waals surface area contributed by atoms with Crippen LogP contribution >= 0.6 is 0 Å². The van der Waals surface area contributed by atoms with E-state index in [2.05, 4.69) is 30.5 Å². The van der Waals surface area contributed by atoms with Crippen LogP contribution in [0.15, 0.2) is 36.5 Å². The van der Waals surface area contributed by atoms with Crippen LogP contribution in [0, 0.1) is 0 Å². The number of aliphatic hydroxyl groups excluding tert-OH is 8. The molecule has 9 N–H and O–H groups in total. The molecule has 0 saturated carbocycles. The van der Waals surface area contributed by atoms with E-state index in [1.165, 1.54) is 154 Å². The normalized spacial score (nSPS) is 26.0. The molecule has 12 unspecified atom stereocenters. The molecule has 0 aliphatic carbocycles. The Morgan fingerprint density at radius 1 is 0.521 bits per heavy atom. The molecule has 0 aromatic heterocycles. The van der Waals surface area contributed by atoms with Gasteiger partial charge in [-0.25, -0.2) is 0 Å². The quantitative estimate of drug-likeness (QED) is 0.0205. The van der Waals surface area contributed by atoms with Crippen molar-refractivity contribution < 1.29 is 64.6 Å². The fourth-order valence-electron chi connectivity index (χ4n) is 9.51. The molecule has 2 rings (SSSR count). The lowest BCUT2D eigenvalue weighted by atomic mass is 9.97. The Morgan fingerprint density at radius 2 is 0.930 bits per heavy atom. The average Bonchev–Trinajstić information content (AvgIpc) is 3.37. The van der Waals surface area contributed by atoms with Gasteiger partial charge in [0.2, 0.25) is 5.91 Å². The highest BCUT2D eigenvalue weighted by Gasteiger charge is 2.51. The molecule has 2 heterocycles. The van der Waals surface area contributed by atoms with E-state index in [1.807, 2.05) is 19.1 Å². The van der Waals surface area contributed by atoms with Gasteiger partial charge in [0, 0.05) is 6.42 Å². The summed E-state index contributed by atoms with van der Waals surface area (Å²) < 4.78 is 22.6. The van der Waals surface area contributed by atoms with Crippen molar-refractivity contribution in [3.8, 4) is 0 Å². The van der Waals surface area contributed by atoms with E-state index in [4.69, 9.17) is 18.9 Å². The molecule has 14 nitrogen and oxygen atoms in total. The van der Waals surface area contributed by atoms with E-state index >= 15 is 0 Å². The first-order valence-electron chi connectivity index (χ1n) is 28.7. The molecule has 2 fully saturated rings. The summed E-state index contributed by atoms with van der Waals surface area (Å²) in [6.45, 7) is 2.54. The molecular weight excluding hydrogens is 907 g/mol. The fraction of sp³-hybridized carbons (Fsp3) is 0.877. The van der Waals surface area contributed by atoms with E-state index < -0.39 is 86.8 Å². The van der Waals surface area contributed by atoms with Gasteiger partial charge in [0.25, 0.3) is 0 Å². The van der Waals surface area contributed by atoms with Crippen molar-refractivity contribution >= 4 is 5.91 Å². The number of allylic oxidation sites excluding steroid dienone is 5. The van der Waals surface area contributed by atoms with Gasteiger partial charge in [0.05, 0.1) is 32.0 Å². The van der Waals surface area contributed by atoms with Crippen LogP contribution in [0.25, 0.3) is 0 Å². The van der Waals surface area contributed by atoms with Crippen LogP contribution in [-0.4, -0.2) is 140 Å². The highest BCUT2D eigenvalue weighted by molar-refractivity contribution is 5.76. The van der Waals surface area contributed by atoms with Crippen molar-refractivity contribution in [1.29, 1.82) is 0 Å². The molecule has 2 aliphatic heterocycles. The number of amides is 1. The Kier molecular flexibility index (Phi) is 40.0. The van der Waals surface area contributed by atoms with E-state index in [0.717, 1.165) is 38.5 Å². The number of nitrogens with one attached hydrogen (secondary N) is 1. The fourth-order valence-corrected chi connectivity index (χ4v) is 9.51. The number of hydrogen-bond acceptors (Lipinski definition) is 13. The summed E-state index contributed by atoms with van der Waals surface area (Å²) in [6, 6.07) is -0.933. The highest BCUT2D eigenvalue weighted by atomic mass is 16.7. The molecule has 12 atom stereocenters. The first-order chi connectivity index (χ1) is 34.6. The van der Waals surface area contributed by atoms with Gasteiger partial charge in [-0.05, 0) is 39.0 Å². The molecule has 14 heteroatoms. The molecular formula is C57H105NO13. The number of carbonyl (C=O) groups excluding carboxylic acids is 1. The van der Waals surface area contributed by atoms with Gasteiger partial charge < -0.3 is 65.1 Å². The van der Waals surface area contributed by atoms with Gasteiger partial charge in [0.15, 0.2) is 12.6 Å². The van der Waals surface area contributed by atoms with E-state index in [1.54, 1.807) is 6.08 Å². The Balaban J connectivity index is 1.65. The summed E-state index contributed by atoms with van der Waals surface area (Å²) in [5, 5.41) is 86.6. The monoisotopic (exact) mass is 1010 g/mol. The highest BCUT2D eigenvalue weighted by Crippen LogP contribution is 2.30. The Bertz CT molecular complexity index is 1330. The first-order valence-corrected chi connectivity index (χ1v) is 28.7. The van der Waals surface area contributed by atoms with E-state index in [0.29, 0.717) is 12.8 Å². The SMILES string of the molecule is C/C=C/CC/C=C/CC/C=C/C(O)C(COC1OC(CO)C(OC2OC(CO)C(O)C(O)C2O)C(O)C1O)NC(=O)CCCCCCCCCCCCCCCCCCCCCCCCCCCCCC. The standard InChI is InChI=1S/C57H105NO13/c1-3-5-7-9-11-13-14-15-16-17-18-19-20-21-22-23-24-25-26-27-28-29-30-31-33-35-37-39-41-49(62)58-45(46(61)40-38-36-34-32-12-10-8-6-4-2)44-68-56-54(67)52(65)55(48(43-60)70-56)71-57-53(66)51(64)50(63)47(42-59)69-57/h4,6,12,32,38,40,45-48,50-57,59-61,63-67H,3,5,7-11,13-31,33-37,39,41-44H2,1-2H3,(H,58,62)/b6-4+,32-12+,40-38+. The second-order valence-electron chi connectivity index (χ2n) is 20.4. The van der Waals surface area contributed by atoms with Gasteiger partial charge >= 0.3 is 0 Å². The van der Waals surface area contributed by atoms with Crippen molar-refractivity contribution in [1.82, 2.24) is 5.32 Å². The maximum absolute atomic E-state index is 13.2. The zero-order chi connectivity index (χ0) is 51.7. The third-order valence-corrected chi connectivity index (χ3v) is 14.2. The lowest BCUT2D eigenvalue weighted by Crippen LogP contribution is -2.65. The molecule has 2 saturated heterocycles. The summed E-state index contributed by atoms with van der Waals surface area (Å²) >= 11 is 0. The molecule has 0 aromatic rings. The van der Waals surface area contributed by atoms with Crippen LogP contribution in [0.2, 0.25) is 0 Å². The Hall–Kier alpha value is -1.79. The third kappa shape index (κ3) is 29.8. The first kappa shape index (κ1) is 65.3. The third-order valence-electron chi connectivity index (χ3n) is 14.2. The molecule has 0 spiro atoms. The molecule has 0 radical (unpaired) electrons. The summed E-state index contributed by atoms with van der Waals surface area (Å²) in [5.74, 6) is -0.253. The van der Waals surface area contributed by atoms with Gasteiger partial charge in [-0.1, -0.05) is 217 Å². The van der Waals surface area contributed by atoms with Crippen LogP contribution < -0.4 is 5.32 Å². The summed E-state index contributed by atoms with van der Waals surface area (Å²) in [4.78, 5) is 13.2. The van der Waals surface area contributed by atoms with Gasteiger partial charge in [-0.3, -0.25) is 4.79 Å². The summed E-state index contributed by atoms with van der Waals surface area (Å²) in [6.07, 6.45) is 35.4. The minimum Gasteiger partial charge on any atom is -0.394 e. The van der Waals surface area contributed by atoms with Crippen LogP contribution in [0.4, 0.5) is 0 Å². The molecule has 416 valence electrons. The van der Waals surface area contributed by atoms with Crippen molar-refractivity contribution in [2.24, 2.45) is 0 Å². The lowest BCUT2D eigenvalue weighted by molar-refractivity contribution is -0.359. The van der Waals surface area contributed by atoms with E-state index in [-0.39, 0.29) is 18.9 Å². The number of ether oxygens (including phenoxy) is 4. The maximum atomic E-state index is 13.2. The minimum atomic E-state index is -1.79. The van der Waals surface area contributed by atoms with Crippen molar-refractivity contribution in [3.63, 3.8) is 0 Å². The number of aliphatic hydroxyl groups is 8. The number of hydrogen-bond donors (Lipinski definition) is 9. The van der Waals surface area contributed by atoms with Crippen LogP contribution in [0.3, 0.4) is 0 Å². The zero-order valence-corrected chi connectivity index (χ0v) is 44.5. The lowest BCUT2D eigenvalue weighted by Gasteiger charge is -2.46. The van der Waals surface area contributed by atoms with Crippen LogP contribution in [-0.2, 0) is 23.7 Å². The van der Waals surface area contributed by atoms with Crippen LogP contribution in [0.5, 0.6) is 0 Å². The largest absolute Gasteiger partial charge is 0.394 e. The molecule has 0 aromatic carbocycles. The summed E-state index contributed by atoms with van der Waals surface area (Å²) in [5.41, 5.74) is 0. The van der Waals surface area contributed by atoms with Gasteiger partial charge in [-0.2, -0.15) is 0 Å². The number of rotatable bonds is 45.